The lowest BCUT2D eigenvalue weighted by atomic mass is 9.98. The maximum atomic E-state index is 14.8. The molecular weight excluding hydrogens is 299 g/mol. The zero-order chi connectivity index (χ0) is 16.6. The van der Waals surface area contributed by atoms with Gasteiger partial charge in [-0.1, -0.05) is 24.8 Å². The highest BCUT2D eigenvalue weighted by Crippen LogP contribution is 2.29. The van der Waals surface area contributed by atoms with Gasteiger partial charge < -0.3 is 10.5 Å². The third kappa shape index (κ3) is 2.42. The first kappa shape index (κ1) is 14.7. The molecule has 0 fully saturated rings. The molecule has 6 nitrogen and oxygen atoms in total. The van der Waals surface area contributed by atoms with Crippen LogP contribution in [-0.4, -0.2) is 27.7 Å². The van der Waals surface area contributed by atoms with Crippen LogP contribution in [0.4, 0.5) is 10.3 Å². The van der Waals surface area contributed by atoms with Gasteiger partial charge in [0.15, 0.2) is 5.65 Å². The van der Waals surface area contributed by atoms with Crippen LogP contribution in [0, 0.1) is 5.82 Å². The first-order valence-corrected chi connectivity index (χ1v) is 6.70. The normalized spacial score (nSPS) is 10.7. The summed E-state index contributed by atoms with van der Waals surface area (Å²) in [6.07, 6.45) is 3.02. The van der Waals surface area contributed by atoms with Crippen molar-refractivity contribution in [2.45, 2.75) is 0 Å². The first-order chi connectivity index (χ1) is 11.0. The molecule has 2 aromatic heterocycles. The Morgan fingerprint density at radius 3 is 2.91 bits per heavy atom. The minimum Gasteiger partial charge on any atom is -0.465 e. The summed E-state index contributed by atoms with van der Waals surface area (Å²) in [6.45, 7) is 3.59. The molecule has 116 valence electrons. The Labute approximate surface area is 131 Å². The average Bonchev–Trinajstić information content (AvgIpc) is 2.92. The number of hydrogen-bond acceptors (Lipinski definition) is 5. The molecule has 0 spiro atoms. The Morgan fingerprint density at radius 1 is 1.43 bits per heavy atom. The van der Waals surface area contributed by atoms with Crippen LogP contribution in [0.2, 0.25) is 0 Å². The summed E-state index contributed by atoms with van der Waals surface area (Å²) >= 11 is 0. The van der Waals surface area contributed by atoms with Crippen LogP contribution in [0.25, 0.3) is 22.9 Å². The van der Waals surface area contributed by atoms with E-state index in [9.17, 15) is 9.18 Å². The van der Waals surface area contributed by atoms with E-state index in [1.165, 1.54) is 17.7 Å². The molecule has 3 aromatic rings. The molecule has 2 heterocycles. The molecule has 0 aliphatic carbocycles. The Hall–Kier alpha value is -3.22. The maximum absolute atomic E-state index is 14.8. The van der Waals surface area contributed by atoms with E-state index in [0.717, 1.165) is 0 Å². The number of aromatic nitrogens is 3. The summed E-state index contributed by atoms with van der Waals surface area (Å²) in [5.41, 5.74) is 7.03. The molecule has 0 aliphatic rings. The lowest BCUT2D eigenvalue weighted by Gasteiger charge is -2.10. The first-order valence-electron chi connectivity index (χ1n) is 6.70. The number of carbonyl (C=O) groups excluding carboxylic acids is 1. The molecule has 0 unspecified atom stereocenters. The number of carbonyl (C=O) groups is 1. The molecule has 7 heteroatoms. The Morgan fingerprint density at radius 2 is 2.22 bits per heavy atom. The lowest BCUT2D eigenvalue weighted by molar-refractivity contribution is 0.0595. The van der Waals surface area contributed by atoms with Crippen molar-refractivity contribution in [1.29, 1.82) is 0 Å². The molecule has 1 aromatic carbocycles. The van der Waals surface area contributed by atoms with Gasteiger partial charge in [0.05, 0.1) is 7.11 Å². The summed E-state index contributed by atoms with van der Waals surface area (Å²) in [7, 11) is 1.20. The number of esters is 1. The van der Waals surface area contributed by atoms with Crippen LogP contribution in [0.15, 0.2) is 37.0 Å². The smallest absolute Gasteiger partial charge is 0.341 e. The zero-order valence-corrected chi connectivity index (χ0v) is 12.3. The van der Waals surface area contributed by atoms with Crippen molar-refractivity contribution in [2.75, 3.05) is 12.8 Å². The molecule has 0 aliphatic heterocycles. The molecule has 0 saturated heterocycles. The highest BCUT2D eigenvalue weighted by Gasteiger charge is 2.20. The van der Waals surface area contributed by atoms with Gasteiger partial charge in [0.1, 0.15) is 11.4 Å². The average molecular weight is 312 g/mol. The minimum absolute atomic E-state index is 0.125. The van der Waals surface area contributed by atoms with Crippen molar-refractivity contribution in [3.05, 3.63) is 54.0 Å². The Bertz CT molecular complexity index is 933. The van der Waals surface area contributed by atoms with E-state index in [0.29, 0.717) is 16.8 Å². The number of nitrogens with two attached hydrogens (primary N) is 1. The van der Waals surface area contributed by atoms with E-state index in [-0.39, 0.29) is 17.1 Å². The number of halogens is 1. The molecule has 0 radical (unpaired) electrons. The second-order valence-electron chi connectivity index (χ2n) is 4.78. The Kier molecular flexibility index (Phi) is 3.53. The number of fused-ring (bicyclic) bond motifs is 1. The summed E-state index contributed by atoms with van der Waals surface area (Å²) in [5, 5.41) is 3.96. The van der Waals surface area contributed by atoms with Crippen LogP contribution < -0.4 is 5.73 Å². The van der Waals surface area contributed by atoms with E-state index in [1.54, 1.807) is 30.5 Å². The van der Waals surface area contributed by atoms with E-state index in [2.05, 4.69) is 21.4 Å². The monoisotopic (exact) mass is 312 g/mol. The number of nitrogen functional groups attached to an aromatic ring is 1. The van der Waals surface area contributed by atoms with Crippen molar-refractivity contribution in [2.24, 2.45) is 0 Å². The number of anilines is 1. The van der Waals surface area contributed by atoms with Crippen molar-refractivity contribution >= 4 is 23.6 Å². The van der Waals surface area contributed by atoms with Crippen molar-refractivity contribution in [3.63, 3.8) is 0 Å². The third-order valence-corrected chi connectivity index (χ3v) is 3.45. The molecule has 2 N–H and O–H groups in total. The van der Waals surface area contributed by atoms with E-state index in [1.807, 2.05) is 0 Å². The molecule has 0 bridgehead atoms. The van der Waals surface area contributed by atoms with Crippen LogP contribution in [-0.2, 0) is 4.74 Å². The minimum atomic E-state index is -0.757. The number of rotatable bonds is 3. The predicted molar refractivity (Wildman–Crippen MR) is 84.2 cm³/mol. The highest BCUT2D eigenvalue weighted by atomic mass is 19.1. The fraction of sp³-hybridized carbons (Fsp3) is 0.0625. The van der Waals surface area contributed by atoms with Gasteiger partial charge in [-0.2, -0.15) is 4.98 Å². The van der Waals surface area contributed by atoms with Crippen LogP contribution >= 0.6 is 0 Å². The van der Waals surface area contributed by atoms with Crippen LogP contribution in [0.3, 0.4) is 0 Å². The van der Waals surface area contributed by atoms with Gasteiger partial charge in [0, 0.05) is 11.8 Å². The number of pyridine rings is 1. The number of nitrogens with zero attached hydrogens (tertiary/aromatic N) is 3. The second-order valence-corrected chi connectivity index (χ2v) is 4.78. The standard InChI is InChI=1S/C16H13FN4O2/c1-3-9-4-5-11(14(17)13(9)15(22)23-2)10-6-7-21-12(8-10)19-16(18)20-21/h3-8H,1H2,2H3,(H2,18,20). The van der Waals surface area contributed by atoms with E-state index in [4.69, 9.17) is 5.73 Å². The quantitative estimate of drug-likeness (QED) is 0.752. The fourth-order valence-electron chi connectivity index (χ4n) is 2.36. The largest absolute Gasteiger partial charge is 0.465 e. The lowest BCUT2D eigenvalue weighted by Crippen LogP contribution is -2.08. The summed E-state index contributed by atoms with van der Waals surface area (Å²) < 4.78 is 21.0. The molecule has 0 amide bonds. The zero-order valence-electron chi connectivity index (χ0n) is 12.3. The Balaban J connectivity index is 2.21. The number of methoxy groups -OCH3 is 1. The number of hydrogen-bond donors (Lipinski definition) is 1. The van der Waals surface area contributed by atoms with Gasteiger partial charge in [-0.25, -0.2) is 13.7 Å². The number of ether oxygens (including phenoxy) is 1. The summed E-state index contributed by atoms with van der Waals surface area (Å²) in [4.78, 5) is 15.9. The highest BCUT2D eigenvalue weighted by molar-refractivity contribution is 5.95. The molecule has 0 atom stereocenters. The fourth-order valence-corrected chi connectivity index (χ4v) is 2.36. The van der Waals surface area contributed by atoms with Crippen molar-refractivity contribution in [1.82, 2.24) is 14.6 Å². The maximum Gasteiger partial charge on any atom is 0.341 e. The van der Waals surface area contributed by atoms with Gasteiger partial charge >= 0.3 is 5.97 Å². The van der Waals surface area contributed by atoms with Gasteiger partial charge in [0.2, 0.25) is 5.95 Å². The van der Waals surface area contributed by atoms with E-state index < -0.39 is 11.8 Å². The number of benzene rings is 1. The van der Waals surface area contributed by atoms with Crippen LogP contribution in [0.1, 0.15) is 15.9 Å². The summed E-state index contributed by atoms with van der Waals surface area (Å²) in [6, 6.07) is 6.48. The topological polar surface area (TPSA) is 82.5 Å². The van der Waals surface area contributed by atoms with Crippen molar-refractivity contribution in [3.8, 4) is 11.1 Å². The van der Waals surface area contributed by atoms with Gasteiger partial charge in [-0.05, 0) is 23.3 Å². The van der Waals surface area contributed by atoms with Crippen LogP contribution in [0.5, 0.6) is 0 Å². The third-order valence-electron chi connectivity index (χ3n) is 3.45. The SMILES string of the molecule is C=Cc1ccc(-c2ccn3nc(N)nc3c2)c(F)c1C(=O)OC. The van der Waals surface area contributed by atoms with Crippen molar-refractivity contribution < 1.29 is 13.9 Å². The van der Waals surface area contributed by atoms with Gasteiger partial charge in [-0.15, -0.1) is 5.10 Å². The summed E-state index contributed by atoms with van der Waals surface area (Å²) in [5.74, 6) is -1.31. The molecule has 3 rings (SSSR count). The second kappa shape index (κ2) is 5.53. The molecule has 23 heavy (non-hydrogen) atoms. The van der Waals surface area contributed by atoms with E-state index >= 15 is 0 Å². The van der Waals surface area contributed by atoms with Gasteiger partial charge in [0.25, 0.3) is 0 Å². The molecular formula is C16H13FN4O2. The predicted octanol–water partition coefficient (Wildman–Crippen LogP) is 2.55. The van der Waals surface area contributed by atoms with Gasteiger partial charge in [-0.3, -0.25) is 0 Å². The molecule has 0 saturated carbocycles.